The first kappa shape index (κ1) is 20.7. The van der Waals surface area contributed by atoms with Crippen molar-refractivity contribution < 1.29 is 19.1 Å². The van der Waals surface area contributed by atoms with Gasteiger partial charge in [0.1, 0.15) is 11.5 Å². The molecule has 1 saturated heterocycles. The molecule has 0 saturated carbocycles. The summed E-state index contributed by atoms with van der Waals surface area (Å²) in [7, 11) is 0. The molecule has 0 bridgehead atoms. The van der Waals surface area contributed by atoms with E-state index in [0.29, 0.717) is 43.5 Å². The van der Waals surface area contributed by atoms with E-state index in [4.69, 9.17) is 9.47 Å². The van der Waals surface area contributed by atoms with Crippen molar-refractivity contribution in [3.63, 3.8) is 0 Å². The van der Waals surface area contributed by atoms with Gasteiger partial charge in [0.25, 0.3) is 0 Å². The number of nitrogens with zero attached hydrogens (tertiary/aromatic N) is 1. The zero-order chi connectivity index (χ0) is 20.6. The van der Waals surface area contributed by atoms with Crippen molar-refractivity contribution in [3.8, 4) is 11.5 Å². The number of carbonyl (C=O) groups excluding carboxylic acids is 2. The molecule has 1 N–H and O–H groups in total. The summed E-state index contributed by atoms with van der Waals surface area (Å²) >= 11 is 0. The Balaban J connectivity index is 1.62. The summed E-state index contributed by atoms with van der Waals surface area (Å²) < 4.78 is 11.1. The highest BCUT2D eigenvalue weighted by atomic mass is 16.5. The molecule has 1 aliphatic heterocycles. The summed E-state index contributed by atoms with van der Waals surface area (Å²) in [5.74, 6) is 0.737. The predicted molar refractivity (Wildman–Crippen MR) is 112 cm³/mol. The molecule has 3 rings (SSSR count). The van der Waals surface area contributed by atoms with Gasteiger partial charge in [0, 0.05) is 25.6 Å². The second-order valence-electron chi connectivity index (χ2n) is 6.99. The van der Waals surface area contributed by atoms with Crippen LogP contribution in [0, 0.1) is 5.92 Å². The average molecular weight is 396 g/mol. The lowest BCUT2D eigenvalue weighted by molar-refractivity contribution is -0.128. The maximum Gasteiger partial charge on any atom is 0.229 e. The van der Waals surface area contributed by atoms with Crippen LogP contribution in [0.1, 0.15) is 25.8 Å². The number of nitrogens with one attached hydrogen (secondary N) is 1. The van der Waals surface area contributed by atoms with Gasteiger partial charge in [-0.2, -0.15) is 0 Å². The molecule has 29 heavy (non-hydrogen) atoms. The maximum atomic E-state index is 12.8. The smallest absolute Gasteiger partial charge is 0.229 e. The Hall–Kier alpha value is -3.02. The molecule has 1 aliphatic rings. The van der Waals surface area contributed by atoms with Crippen LogP contribution in [0.5, 0.6) is 11.5 Å². The number of amides is 2. The number of hydrogen-bond acceptors (Lipinski definition) is 4. The Morgan fingerprint density at radius 3 is 2.59 bits per heavy atom. The lowest BCUT2D eigenvalue weighted by Gasteiger charge is -2.17. The van der Waals surface area contributed by atoms with Crippen molar-refractivity contribution in [2.75, 3.05) is 31.6 Å². The quantitative estimate of drug-likeness (QED) is 0.704. The second-order valence-corrected chi connectivity index (χ2v) is 6.99. The third kappa shape index (κ3) is 5.50. The Morgan fingerprint density at radius 1 is 1.10 bits per heavy atom. The monoisotopic (exact) mass is 396 g/mol. The number of hydrogen-bond donors (Lipinski definition) is 1. The van der Waals surface area contributed by atoms with E-state index >= 15 is 0 Å². The van der Waals surface area contributed by atoms with Gasteiger partial charge in [0.2, 0.25) is 11.8 Å². The van der Waals surface area contributed by atoms with E-state index in [1.54, 1.807) is 17.0 Å². The molecule has 154 valence electrons. The largest absolute Gasteiger partial charge is 0.494 e. The minimum Gasteiger partial charge on any atom is -0.494 e. The highest BCUT2D eigenvalue weighted by Crippen LogP contribution is 2.31. The van der Waals surface area contributed by atoms with E-state index in [-0.39, 0.29) is 24.2 Å². The third-order valence-electron chi connectivity index (χ3n) is 4.92. The van der Waals surface area contributed by atoms with Gasteiger partial charge in [-0.1, -0.05) is 30.3 Å². The molecule has 0 radical (unpaired) electrons. The fourth-order valence-electron chi connectivity index (χ4n) is 3.45. The van der Waals surface area contributed by atoms with Crippen LogP contribution in [0.2, 0.25) is 0 Å². The van der Waals surface area contributed by atoms with E-state index in [9.17, 15) is 9.59 Å². The number of rotatable bonds is 9. The lowest BCUT2D eigenvalue weighted by Crippen LogP contribution is -2.30. The van der Waals surface area contributed by atoms with E-state index < -0.39 is 0 Å². The zero-order valence-corrected chi connectivity index (χ0v) is 17.0. The van der Waals surface area contributed by atoms with Crippen LogP contribution in [0.25, 0.3) is 0 Å². The number of likely N-dealkylation sites (tertiary alicyclic amines) is 1. The summed E-state index contributed by atoms with van der Waals surface area (Å²) in [5, 5.41) is 2.93. The zero-order valence-electron chi connectivity index (χ0n) is 17.0. The molecule has 1 heterocycles. The third-order valence-corrected chi connectivity index (χ3v) is 4.92. The van der Waals surface area contributed by atoms with Crippen molar-refractivity contribution in [2.24, 2.45) is 5.92 Å². The van der Waals surface area contributed by atoms with Crippen molar-refractivity contribution in [1.82, 2.24) is 4.90 Å². The van der Waals surface area contributed by atoms with Gasteiger partial charge in [0.15, 0.2) is 0 Å². The fraction of sp³-hybridized carbons (Fsp3) is 0.391. The molecule has 6 nitrogen and oxygen atoms in total. The Morgan fingerprint density at radius 2 is 1.86 bits per heavy atom. The normalized spacial score (nSPS) is 16.0. The molecule has 1 fully saturated rings. The maximum absolute atomic E-state index is 12.8. The van der Waals surface area contributed by atoms with Gasteiger partial charge >= 0.3 is 0 Å². The molecule has 6 heteroatoms. The first-order valence-corrected chi connectivity index (χ1v) is 10.1. The molecule has 1 unspecified atom stereocenters. The van der Waals surface area contributed by atoms with Gasteiger partial charge in [-0.15, -0.1) is 0 Å². The Kier molecular flexibility index (Phi) is 7.11. The summed E-state index contributed by atoms with van der Waals surface area (Å²) in [6.07, 6.45) is 1.02. The number of benzene rings is 2. The van der Waals surface area contributed by atoms with Crippen LogP contribution in [0.15, 0.2) is 48.5 Å². The molecular weight excluding hydrogens is 368 g/mol. The van der Waals surface area contributed by atoms with E-state index in [2.05, 4.69) is 5.32 Å². The SMILES string of the molecule is CCOc1ccc(OCC)c(NC(=O)C2CC(=O)N(CCc3ccccc3)C2)c1. The van der Waals surface area contributed by atoms with Crippen LogP contribution < -0.4 is 14.8 Å². The lowest BCUT2D eigenvalue weighted by atomic mass is 10.1. The van der Waals surface area contributed by atoms with Crippen LogP contribution in [0.3, 0.4) is 0 Å². The minimum absolute atomic E-state index is 0.0224. The molecule has 1 atom stereocenters. The highest BCUT2D eigenvalue weighted by Gasteiger charge is 2.34. The van der Waals surface area contributed by atoms with E-state index in [1.807, 2.05) is 50.2 Å². The molecule has 2 aromatic carbocycles. The molecular formula is C23H28N2O4. The Labute approximate surface area is 171 Å². The van der Waals surface area contributed by atoms with Gasteiger partial charge in [-0.3, -0.25) is 9.59 Å². The van der Waals surface area contributed by atoms with Crippen LogP contribution in [-0.4, -0.2) is 43.0 Å². The van der Waals surface area contributed by atoms with Crippen LogP contribution in [0.4, 0.5) is 5.69 Å². The summed E-state index contributed by atoms with van der Waals surface area (Å²) in [4.78, 5) is 27.0. The standard InChI is InChI=1S/C23H28N2O4/c1-3-28-19-10-11-21(29-4-2)20(15-19)24-23(27)18-14-22(26)25(16-18)13-12-17-8-6-5-7-9-17/h5-11,15,18H,3-4,12-14,16H2,1-2H3,(H,24,27). The first-order valence-electron chi connectivity index (χ1n) is 10.1. The second kappa shape index (κ2) is 9.96. The number of anilines is 1. The molecule has 0 aliphatic carbocycles. The van der Waals surface area contributed by atoms with Gasteiger partial charge in [0.05, 0.1) is 24.8 Å². The topological polar surface area (TPSA) is 67.9 Å². The average Bonchev–Trinajstić information content (AvgIpc) is 3.10. The van der Waals surface area contributed by atoms with Crippen molar-refractivity contribution >= 4 is 17.5 Å². The van der Waals surface area contributed by atoms with Gasteiger partial charge in [-0.05, 0) is 38.0 Å². The van der Waals surface area contributed by atoms with E-state index in [0.717, 1.165) is 6.42 Å². The number of ether oxygens (including phenoxy) is 2. The molecule has 2 amide bonds. The molecule has 0 spiro atoms. The van der Waals surface area contributed by atoms with Crippen LogP contribution in [-0.2, 0) is 16.0 Å². The predicted octanol–water partition coefficient (Wildman–Crippen LogP) is 3.51. The number of carbonyl (C=O) groups is 2. The highest BCUT2D eigenvalue weighted by molar-refractivity contribution is 5.98. The summed E-state index contributed by atoms with van der Waals surface area (Å²) in [6.45, 7) is 5.88. The van der Waals surface area contributed by atoms with Crippen LogP contribution >= 0.6 is 0 Å². The molecule has 0 aromatic heterocycles. The van der Waals surface area contributed by atoms with Crippen molar-refractivity contribution in [2.45, 2.75) is 26.7 Å². The Bertz CT molecular complexity index is 838. The van der Waals surface area contributed by atoms with Gasteiger partial charge < -0.3 is 19.7 Å². The van der Waals surface area contributed by atoms with E-state index in [1.165, 1.54) is 5.56 Å². The van der Waals surface area contributed by atoms with Crippen molar-refractivity contribution in [1.29, 1.82) is 0 Å². The first-order chi connectivity index (χ1) is 14.1. The molecule has 2 aromatic rings. The fourth-order valence-corrected chi connectivity index (χ4v) is 3.45. The summed E-state index contributed by atoms with van der Waals surface area (Å²) in [6, 6.07) is 15.4. The minimum atomic E-state index is -0.372. The summed E-state index contributed by atoms with van der Waals surface area (Å²) in [5.41, 5.74) is 1.75. The van der Waals surface area contributed by atoms with Gasteiger partial charge in [-0.25, -0.2) is 0 Å². The van der Waals surface area contributed by atoms with Crippen molar-refractivity contribution in [3.05, 3.63) is 54.1 Å².